The molecule has 0 fully saturated rings. The number of hydrogen-bond donors (Lipinski definition) is 1. The third-order valence-corrected chi connectivity index (χ3v) is 5.76. The first-order valence-electron chi connectivity index (χ1n) is 9.61. The molecule has 1 aliphatic heterocycles. The Morgan fingerprint density at radius 2 is 1.87 bits per heavy atom. The van der Waals surface area contributed by atoms with Crippen molar-refractivity contribution < 1.29 is 14.3 Å². The molecule has 0 spiro atoms. The number of rotatable bonds is 5. The van der Waals surface area contributed by atoms with Gasteiger partial charge in [-0.05, 0) is 48.5 Å². The molecule has 4 aromatic rings. The molecule has 2 aromatic carbocycles. The molecular weight excluding hydrogens is 398 g/mol. The van der Waals surface area contributed by atoms with E-state index in [4.69, 9.17) is 9.47 Å². The molecule has 150 valence electrons. The second-order valence-corrected chi connectivity index (χ2v) is 7.87. The number of nitrogens with zero attached hydrogens (tertiary/aromatic N) is 2. The number of amides is 1. The highest BCUT2D eigenvalue weighted by atomic mass is 32.2. The van der Waals surface area contributed by atoms with Gasteiger partial charge in [0, 0.05) is 40.4 Å². The Hall–Kier alpha value is -3.45. The minimum Gasteiger partial charge on any atom is -0.486 e. The number of nitrogens with one attached hydrogen (secondary N) is 1. The van der Waals surface area contributed by atoms with Crippen LogP contribution >= 0.6 is 11.8 Å². The van der Waals surface area contributed by atoms with Gasteiger partial charge < -0.3 is 19.2 Å². The zero-order valence-electron chi connectivity index (χ0n) is 16.1. The van der Waals surface area contributed by atoms with Gasteiger partial charge in [0.1, 0.15) is 18.9 Å². The van der Waals surface area contributed by atoms with Gasteiger partial charge in [-0.25, -0.2) is 4.98 Å². The van der Waals surface area contributed by atoms with Crippen LogP contribution in [0, 0.1) is 0 Å². The summed E-state index contributed by atoms with van der Waals surface area (Å²) in [7, 11) is 0. The molecule has 2 aromatic heterocycles. The average molecular weight is 417 g/mol. The molecule has 1 amide bonds. The average Bonchev–Trinajstić information content (AvgIpc) is 3.21. The van der Waals surface area contributed by atoms with Gasteiger partial charge in [-0.2, -0.15) is 0 Å². The van der Waals surface area contributed by atoms with Crippen LogP contribution in [0.1, 0.15) is 16.1 Å². The van der Waals surface area contributed by atoms with Crippen LogP contribution in [-0.4, -0.2) is 28.5 Å². The van der Waals surface area contributed by atoms with Crippen molar-refractivity contribution in [2.45, 2.75) is 10.6 Å². The van der Waals surface area contributed by atoms with Crippen molar-refractivity contribution in [2.24, 2.45) is 0 Å². The van der Waals surface area contributed by atoms with Gasteiger partial charge in [0.2, 0.25) is 0 Å². The number of imidazole rings is 1. The fourth-order valence-corrected chi connectivity index (χ4v) is 4.02. The van der Waals surface area contributed by atoms with E-state index in [-0.39, 0.29) is 5.91 Å². The highest BCUT2D eigenvalue weighted by Gasteiger charge is 2.13. The zero-order valence-corrected chi connectivity index (χ0v) is 16.9. The number of aromatic nitrogens is 2. The Morgan fingerprint density at radius 3 is 2.70 bits per heavy atom. The highest BCUT2D eigenvalue weighted by molar-refractivity contribution is 7.98. The van der Waals surface area contributed by atoms with E-state index in [1.54, 1.807) is 17.8 Å². The van der Waals surface area contributed by atoms with Gasteiger partial charge in [-0.15, -0.1) is 11.8 Å². The molecule has 0 bridgehead atoms. The Morgan fingerprint density at radius 1 is 1.03 bits per heavy atom. The van der Waals surface area contributed by atoms with E-state index >= 15 is 0 Å². The number of thioether (sulfide) groups is 1. The minimum absolute atomic E-state index is 0.163. The summed E-state index contributed by atoms with van der Waals surface area (Å²) in [6.45, 7) is 1.05. The molecular formula is C23H19N3O3S. The van der Waals surface area contributed by atoms with Crippen molar-refractivity contribution in [2.75, 3.05) is 18.5 Å². The van der Waals surface area contributed by atoms with Crippen LogP contribution < -0.4 is 14.8 Å². The first kappa shape index (κ1) is 18.6. The number of carbonyl (C=O) groups is 1. The number of benzene rings is 2. The van der Waals surface area contributed by atoms with E-state index < -0.39 is 0 Å². The zero-order chi connectivity index (χ0) is 20.3. The van der Waals surface area contributed by atoms with Crippen LogP contribution in [0.3, 0.4) is 0 Å². The molecule has 0 saturated heterocycles. The number of pyridine rings is 1. The van der Waals surface area contributed by atoms with Crippen LogP contribution in [0.2, 0.25) is 0 Å². The molecule has 30 heavy (non-hydrogen) atoms. The summed E-state index contributed by atoms with van der Waals surface area (Å²) in [6.07, 6.45) is 4.03. The molecule has 0 atom stereocenters. The third-order valence-electron chi connectivity index (χ3n) is 4.72. The van der Waals surface area contributed by atoms with E-state index in [1.807, 2.05) is 71.4 Å². The Labute approximate surface area is 177 Å². The lowest BCUT2D eigenvalue weighted by molar-refractivity contribution is 0.102. The van der Waals surface area contributed by atoms with Gasteiger partial charge in [0.15, 0.2) is 11.5 Å². The molecule has 5 rings (SSSR count). The summed E-state index contributed by atoms with van der Waals surface area (Å²) >= 11 is 1.69. The molecule has 0 saturated carbocycles. The molecule has 7 heteroatoms. The first-order valence-corrected chi connectivity index (χ1v) is 10.6. The summed E-state index contributed by atoms with van der Waals surface area (Å²) < 4.78 is 13.1. The lowest BCUT2D eigenvalue weighted by atomic mass is 10.2. The van der Waals surface area contributed by atoms with Crippen LogP contribution in [0.4, 0.5) is 5.69 Å². The SMILES string of the molecule is O=C(Nc1ccc2c(c1)OCCO2)c1ccc(SCc2cn3ccccc3n2)cc1. The molecule has 0 aliphatic carbocycles. The van der Waals surface area contributed by atoms with Crippen molar-refractivity contribution in [3.63, 3.8) is 0 Å². The van der Waals surface area contributed by atoms with E-state index in [1.165, 1.54) is 0 Å². The van der Waals surface area contributed by atoms with Crippen LogP contribution in [-0.2, 0) is 5.75 Å². The van der Waals surface area contributed by atoms with Gasteiger partial charge in [-0.3, -0.25) is 4.79 Å². The van der Waals surface area contributed by atoms with Gasteiger partial charge in [0.25, 0.3) is 5.91 Å². The lowest BCUT2D eigenvalue weighted by Gasteiger charge is -2.19. The molecule has 1 N–H and O–H groups in total. The van der Waals surface area contributed by atoms with Crippen LogP contribution in [0.15, 0.2) is 78.0 Å². The molecule has 3 heterocycles. The first-order chi connectivity index (χ1) is 14.7. The number of fused-ring (bicyclic) bond motifs is 2. The second kappa shape index (κ2) is 8.12. The minimum atomic E-state index is -0.163. The summed E-state index contributed by atoms with van der Waals surface area (Å²) in [4.78, 5) is 18.3. The van der Waals surface area contributed by atoms with Gasteiger partial charge >= 0.3 is 0 Å². The van der Waals surface area contributed by atoms with E-state index in [0.717, 1.165) is 22.0 Å². The van der Waals surface area contributed by atoms with Crippen molar-refractivity contribution >= 4 is 29.0 Å². The maximum absolute atomic E-state index is 12.6. The standard InChI is InChI=1S/C23H19N3O3S/c27-23(25-17-6-9-20-21(13-17)29-12-11-28-20)16-4-7-19(8-5-16)30-15-18-14-26-10-2-1-3-22(26)24-18/h1-10,13-14H,11-12,15H2,(H,25,27). The maximum atomic E-state index is 12.6. The number of ether oxygens (including phenoxy) is 2. The lowest BCUT2D eigenvalue weighted by Crippen LogP contribution is -2.16. The van der Waals surface area contributed by atoms with Gasteiger partial charge in [0.05, 0.1) is 5.69 Å². The van der Waals surface area contributed by atoms with Crippen molar-refractivity contribution in [3.05, 3.63) is 84.3 Å². The second-order valence-electron chi connectivity index (χ2n) is 6.82. The predicted molar refractivity (Wildman–Crippen MR) is 117 cm³/mol. The van der Waals surface area contributed by atoms with Crippen LogP contribution in [0.5, 0.6) is 11.5 Å². The molecule has 6 nitrogen and oxygen atoms in total. The summed E-state index contributed by atoms with van der Waals surface area (Å²) in [5.74, 6) is 1.96. The smallest absolute Gasteiger partial charge is 0.255 e. The fourth-order valence-electron chi connectivity index (χ4n) is 3.24. The van der Waals surface area contributed by atoms with E-state index in [0.29, 0.717) is 36.0 Å². The number of hydrogen-bond acceptors (Lipinski definition) is 5. The Bertz CT molecular complexity index is 1170. The number of carbonyl (C=O) groups excluding carboxylic acids is 1. The third kappa shape index (κ3) is 3.97. The molecule has 0 unspecified atom stereocenters. The summed E-state index contributed by atoms with van der Waals surface area (Å²) in [5, 5.41) is 2.91. The van der Waals surface area contributed by atoms with Crippen LogP contribution in [0.25, 0.3) is 5.65 Å². The highest BCUT2D eigenvalue weighted by Crippen LogP contribution is 2.32. The Kier molecular flexibility index (Phi) is 5.03. The van der Waals surface area contributed by atoms with E-state index in [2.05, 4.69) is 10.3 Å². The molecule has 0 radical (unpaired) electrons. The van der Waals surface area contributed by atoms with Crippen molar-refractivity contribution in [1.82, 2.24) is 9.38 Å². The monoisotopic (exact) mass is 417 g/mol. The quantitative estimate of drug-likeness (QED) is 0.479. The van der Waals surface area contributed by atoms with Crippen molar-refractivity contribution in [3.8, 4) is 11.5 Å². The largest absolute Gasteiger partial charge is 0.486 e. The van der Waals surface area contributed by atoms with Gasteiger partial charge in [-0.1, -0.05) is 6.07 Å². The Balaban J connectivity index is 1.21. The van der Waals surface area contributed by atoms with E-state index in [9.17, 15) is 4.79 Å². The summed E-state index contributed by atoms with van der Waals surface area (Å²) in [6, 6.07) is 18.9. The normalized spacial score (nSPS) is 12.7. The number of anilines is 1. The van der Waals surface area contributed by atoms with Crippen molar-refractivity contribution in [1.29, 1.82) is 0 Å². The topological polar surface area (TPSA) is 64.9 Å². The molecule has 1 aliphatic rings. The predicted octanol–water partition coefficient (Wildman–Crippen LogP) is 4.65. The summed E-state index contributed by atoms with van der Waals surface area (Å²) in [5.41, 5.74) is 3.24. The maximum Gasteiger partial charge on any atom is 0.255 e. The fraction of sp³-hybridized carbons (Fsp3) is 0.130.